The van der Waals surface area contributed by atoms with Gasteiger partial charge in [-0.1, -0.05) is 58.4 Å². The van der Waals surface area contributed by atoms with Crippen LogP contribution in [0.25, 0.3) is 0 Å². The molecular weight excluding hydrogens is 853 g/mol. The van der Waals surface area contributed by atoms with Crippen molar-refractivity contribution >= 4 is 99.3 Å². The first kappa shape index (κ1) is 37.2. The van der Waals surface area contributed by atoms with E-state index in [1.165, 1.54) is 53.6 Å². The number of benzene rings is 2. The van der Waals surface area contributed by atoms with E-state index in [1.54, 1.807) is 18.3 Å². The largest absolute Gasteiger partial charge is 0.484 e. The molecule has 0 fully saturated rings. The molecule has 0 saturated heterocycles. The molecule has 0 spiro atoms. The highest BCUT2D eigenvalue weighted by Gasteiger charge is 2.30. The SMILES string of the molecule is FC(F)(F)COc1cccc(Cl)c1CSc1ncc(Br)s1.O=S(=O)(Cc1c(Cl)cccc1OCC(F)(F)F)c1ncc(Br)s1. The molecule has 0 aliphatic heterocycles. The first-order valence-electron chi connectivity index (χ1n) is 11.5. The highest BCUT2D eigenvalue weighted by molar-refractivity contribution is 9.11. The van der Waals surface area contributed by atoms with Crippen LogP contribution in [0.5, 0.6) is 11.5 Å². The number of ether oxygens (including phenoxy) is 2. The molecule has 0 bridgehead atoms. The number of thiazole rings is 2. The van der Waals surface area contributed by atoms with Crippen LogP contribution in [0, 0.1) is 0 Å². The van der Waals surface area contributed by atoms with Crippen molar-refractivity contribution in [3.05, 3.63) is 77.5 Å². The summed E-state index contributed by atoms with van der Waals surface area (Å²) in [5, 5.41) is 0.377. The van der Waals surface area contributed by atoms with Gasteiger partial charge in [0.05, 0.1) is 25.7 Å². The lowest BCUT2D eigenvalue weighted by atomic mass is 10.2. The van der Waals surface area contributed by atoms with E-state index in [1.807, 2.05) is 0 Å². The van der Waals surface area contributed by atoms with Gasteiger partial charge in [0.15, 0.2) is 17.6 Å². The Bertz CT molecular complexity index is 1670. The van der Waals surface area contributed by atoms with Gasteiger partial charge in [0, 0.05) is 26.9 Å². The highest BCUT2D eigenvalue weighted by atomic mass is 79.9. The maximum absolute atomic E-state index is 12.3. The van der Waals surface area contributed by atoms with Crippen LogP contribution in [-0.4, -0.2) is 44.0 Å². The fraction of sp³-hybridized carbons (Fsp3) is 0.250. The predicted molar refractivity (Wildman–Crippen MR) is 166 cm³/mol. The van der Waals surface area contributed by atoms with Crippen LogP contribution < -0.4 is 9.47 Å². The number of nitrogens with zero attached hydrogens (tertiary/aromatic N) is 2. The van der Waals surface area contributed by atoms with E-state index < -0.39 is 41.2 Å². The summed E-state index contributed by atoms with van der Waals surface area (Å²) in [7, 11) is -3.86. The minimum atomic E-state index is -4.54. The molecular formula is C24H16Br2Cl2F6N2O4S4. The summed E-state index contributed by atoms with van der Waals surface area (Å²) in [6.45, 7) is -2.88. The Morgan fingerprint density at radius 1 is 0.795 bits per heavy atom. The van der Waals surface area contributed by atoms with Gasteiger partial charge in [0.2, 0.25) is 14.2 Å². The summed E-state index contributed by atoms with van der Waals surface area (Å²) in [5.74, 6) is -0.316. The van der Waals surface area contributed by atoms with Crippen molar-refractivity contribution in [2.24, 2.45) is 0 Å². The van der Waals surface area contributed by atoms with Gasteiger partial charge in [0.1, 0.15) is 11.5 Å². The molecule has 0 saturated carbocycles. The van der Waals surface area contributed by atoms with Gasteiger partial charge in [0.25, 0.3) is 0 Å². The maximum atomic E-state index is 12.3. The standard InChI is InChI=1S/C12H8BrClF3NO3S2.C12H8BrClF3NOS2/c13-10-4-18-11(22-10)23(19,20)5-7-8(14)2-1-3-9(7)21-6-12(15,16)17;13-10-4-18-11(21-10)20-5-7-8(14)2-1-3-9(7)19-6-12(15,16)17/h1-4H,5-6H2;1-4H,5-6H2. The van der Waals surface area contributed by atoms with Crippen LogP contribution in [0.1, 0.15) is 11.1 Å². The van der Waals surface area contributed by atoms with Crippen molar-refractivity contribution < 1.29 is 44.2 Å². The summed E-state index contributed by atoms with van der Waals surface area (Å²) in [6.07, 6.45) is -5.93. The third kappa shape index (κ3) is 12.1. The summed E-state index contributed by atoms with van der Waals surface area (Å²) < 4.78 is 110. The number of hydrogen-bond acceptors (Lipinski definition) is 9. The van der Waals surface area contributed by atoms with Gasteiger partial charge >= 0.3 is 12.4 Å². The lowest BCUT2D eigenvalue weighted by Gasteiger charge is -2.14. The molecule has 6 nitrogen and oxygen atoms in total. The second-order valence-electron chi connectivity index (χ2n) is 8.15. The molecule has 0 amide bonds. The predicted octanol–water partition coefficient (Wildman–Crippen LogP) is 10.3. The Morgan fingerprint density at radius 3 is 1.77 bits per heavy atom. The minimum absolute atomic E-state index is 0.00358. The lowest BCUT2D eigenvalue weighted by Crippen LogP contribution is -2.20. The maximum Gasteiger partial charge on any atom is 0.422 e. The number of halogens is 10. The second-order valence-corrected chi connectivity index (χ2v) is 17.2. The van der Waals surface area contributed by atoms with Crippen molar-refractivity contribution in [1.29, 1.82) is 0 Å². The third-order valence-electron chi connectivity index (χ3n) is 4.79. The van der Waals surface area contributed by atoms with E-state index >= 15 is 0 Å². The van der Waals surface area contributed by atoms with Crippen molar-refractivity contribution in [1.82, 2.24) is 9.97 Å². The minimum Gasteiger partial charge on any atom is -0.484 e. The molecule has 4 aromatic rings. The number of alkyl halides is 6. The van der Waals surface area contributed by atoms with Gasteiger partial charge in [-0.2, -0.15) is 26.3 Å². The Balaban J connectivity index is 0.000000241. The van der Waals surface area contributed by atoms with Gasteiger partial charge in [-0.3, -0.25) is 0 Å². The molecule has 0 aliphatic rings. The van der Waals surface area contributed by atoms with Crippen molar-refractivity contribution in [3.8, 4) is 11.5 Å². The molecule has 0 aliphatic carbocycles. The van der Waals surface area contributed by atoms with Crippen molar-refractivity contribution in [3.63, 3.8) is 0 Å². The Labute approximate surface area is 286 Å². The number of aromatic nitrogens is 2. The van der Waals surface area contributed by atoms with Crippen LogP contribution in [-0.2, 0) is 21.3 Å². The van der Waals surface area contributed by atoms with Gasteiger partial charge < -0.3 is 9.47 Å². The number of hydrogen-bond donors (Lipinski definition) is 0. The first-order chi connectivity index (χ1) is 20.4. The van der Waals surface area contributed by atoms with E-state index in [0.717, 1.165) is 19.5 Å². The van der Waals surface area contributed by atoms with Crippen molar-refractivity contribution in [2.75, 3.05) is 13.2 Å². The smallest absolute Gasteiger partial charge is 0.422 e. The van der Waals surface area contributed by atoms with Crippen molar-refractivity contribution in [2.45, 2.75) is 32.5 Å². The molecule has 240 valence electrons. The zero-order chi connectivity index (χ0) is 32.7. The fourth-order valence-corrected chi connectivity index (χ4v) is 9.51. The van der Waals surface area contributed by atoms with E-state index in [4.69, 9.17) is 27.9 Å². The highest BCUT2D eigenvalue weighted by Crippen LogP contribution is 2.36. The Hall–Kier alpha value is -1.28. The molecule has 0 radical (unpaired) electrons. The fourth-order valence-electron chi connectivity index (χ4n) is 3.02. The lowest BCUT2D eigenvalue weighted by molar-refractivity contribution is -0.154. The Morgan fingerprint density at radius 2 is 1.30 bits per heavy atom. The van der Waals surface area contributed by atoms with E-state index in [0.29, 0.717) is 20.1 Å². The average molecular weight is 869 g/mol. The monoisotopic (exact) mass is 866 g/mol. The Kier molecular flexibility index (Phi) is 13.5. The molecule has 2 heterocycles. The van der Waals surface area contributed by atoms with Crippen LogP contribution in [0.2, 0.25) is 10.0 Å². The number of rotatable bonds is 10. The number of thioether (sulfide) groups is 1. The van der Waals surface area contributed by atoms with E-state index in [9.17, 15) is 34.8 Å². The molecule has 4 rings (SSSR count). The average Bonchev–Trinajstić information content (AvgIpc) is 3.55. The topological polar surface area (TPSA) is 78.4 Å². The zero-order valence-electron chi connectivity index (χ0n) is 21.4. The molecule has 44 heavy (non-hydrogen) atoms. The van der Waals surface area contributed by atoms with Crippen LogP contribution in [0.15, 0.2) is 65.0 Å². The summed E-state index contributed by atoms with van der Waals surface area (Å²) in [6, 6.07) is 8.65. The summed E-state index contributed by atoms with van der Waals surface area (Å²) in [5.41, 5.74) is 0.490. The van der Waals surface area contributed by atoms with Gasteiger partial charge in [-0.15, -0.1) is 11.3 Å². The zero-order valence-corrected chi connectivity index (χ0v) is 29.3. The first-order valence-corrected chi connectivity index (χ1v) is 18.1. The third-order valence-corrected chi connectivity index (χ3v) is 11.7. The second kappa shape index (κ2) is 16.0. The molecule has 20 heteroatoms. The van der Waals surface area contributed by atoms with Crippen LogP contribution in [0.3, 0.4) is 0 Å². The quantitative estimate of drug-likeness (QED) is 0.116. The molecule has 0 N–H and O–H groups in total. The van der Waals surface area contributed by atoms with E-state index in [-0.39, 0.29) is 26.4 Å². The molecule has 0 atom stereocenters. The van der Waals surface area contributed by atoms with Crippen LogP contribution >= 0.6 is 89.5 Å². The molecule has 2 aromatic heterocycles. The van der Waals surface area contributed by atoms with Gasteiger partial charge in [-0.05, 0) is 56.1 Å². The van der Waals surface area contributed by atoms with Crippen LogP contribution in [0.4, 0.5) is 26.3 Å². The van der Waals surface area contributed by atoms with Gasteiger partial charge in [-0.25, -0.2) is 18.4 Å². The summed E-state index contributed by atoms with van der Waals surface area (Å²) >= 11 is 22.1. The summed E-state index contributed by atoms with van der Waals surface area (Å²) in [4.78, 5) is 7.89. The molecule has 0 unspecified atom stereocenters. The normalized spacial score (nSPS) is 12.0. The van der Waals surface area contributed by atoms with E-state index in [2.05, 4.69) is 46.6 Å². The molecule has 2 aromatic carbocycles. The number of sulfone groups is 1.